The standard InChI is InChI=1S/C10H18N4O2/c1-10(2,3)8-7(9(15)16)12-13-14(8)6-4-5-11/h4-6,11H2,1-3H3,(H,15,16). The van der Waals surface area contributed by atoms with Gasteiger partial charge in [0.1, 0.15) is 0 Å². The molecule has 6 heteroatoms. The van der Waals surface area contributed by atoms with Crippen LogP contribution in [0.25, 0.3) is 0 Å². The predicted molar refractivity (Wildman–Crippen MR) is 59.4 cm³/mol. The second kappa shape index (κ2) is 4.61. The van der Waals surface area contributed by atoms with Gasteiger partial charge < -0.3 is 10.8 Å². The molecule has 0 aliphatic rings. The molecular weight excluding hydrogens is 208 g/mol. The normalized spacial score (nSPS) is 11.8. The van der Waals surface area contributed by atoms with Gasteiger partial charge in [-0.05, 0) is 13.0 Å². The highest BCUT2D eigenvalue weighted by molar-refractivity contribution is 5.86. The first-order valence-electron chi connectivity index (χ1n) is 5.25. The van der Waals surface area contributed by atoms with Gasteiger partial charge in [-0.3, -0.25) is 0 Å². The third kappa shape index (κ3) is 2.57. The Morgan fingerprint density at radius 1 is 1.50 bits per heavy atom. The molecule has 3 N–H and O–H groups in total. The smallest absolute Gasteiger partial charge is 0.358 e. The number of carboxylic acids is 1. The van der Waals surface area contributed by atoms with Crippen LogP contribution in [0.3, 0.4) is 0 Å². The Hall–Kier alpha value is -1.43. The zero-order valence-corrected chi connectivity index (χ0v) is 9.90. The topological polar surface area (TPSA) is 94.0 Å². The second-order valence-electron chi connectivity index (χ2n) is 4.71. The maximum Gasteiger partial charge on any atom is 0.358 e. The molecule has 0 aliphatic heterocycles. The van der Waals surface area contributed by atoms with Crippen molar-refractivity contribution in [3.63, 3.8) is 0 Å². The molecular formula is C10H18N4O2. The van der Waals surface area contributed by atoms with Crippen LogP contribution in [0.2, 0.25) is 0 Å². The first-order chi connectivity index (χ1) is 7.38. The molecule has 1 aromatic heterocycles. The SMILES string of the molecule is CC(C)(C)c1c(C(=O)O)nnn1CCCN. The largest absolute Gasteiger partial charge is 0.476 e. The molecule has 0 spiro atoms. The molecule has 1 rings (SSSR count). The summed E-state index contributed by atoms with van der Waals surface area (Å²) in [6.45, 7) is 6.97. The number of carboxylic acid groups (broad SMARTS) is 1. The van der Waals surface area contributed by atoms with E-state index >= 15 is 0 Å². The number of hydrogen-bond donors (Lipinski definition) is 2. The van der Waals surface area contributed by atoms with Gasteiger partial charge in [0.15, 0.2) is 5.69 Å². The van der Waals surface area contributed by atoms with Gasteiger partial charge in [-0.25, -0.2) is 9.48 Å². The summed E-state index contributed by atoms with van der Waals surface area (Å²) in [5.74, 6) is -1.04. The van der Waals surface area contributed by atoms with Gasteiger partial charge in [-0.2, -0.15) is 0 Å². The molecule has 90 valence electrons. The first-order valence-corrected chi connectivity index (χ1v) is 5.25. The van der Waals surface area contributed by atoms with E-state index in [0.717, 1.165) is 6.42 Å². The minimum atomic E-state index is -1.04. The summed E-state index contributed by atoms with van der Waals surface area (Å²) < 4.78 is 1.64. The average Bonchev–Trinajstić information content (AvgIpc) is 2.57. The number of aryl methyl sites for hydroxylation is 1. The molecule has 0 saturated carbocycles. The molecule has 0 fully saturated rings. The Balaban J connectivity index is 3.15. The van der Waals surface area contributed by atoms with Crippen LogP contribution in [-0.2, 0) is 12.0 Å². The molecule has 0 amide bonds. The first kappa shape index (κ1) is 12.6. The Labute approximate surface area is 94.4 Å². The number of aromatic nitrogens is 3. The molecule has 16 heavy (non-hydrogen) atoms. The van der Waals surface area contributed by atoms with Crippen molar-refractivity contribution in [2.75, 3.05) is 6.54 Å². The van der Waals surface area contributed by atoms with Crippen LogP contribution >= 0.6 is 0 Å². The molecule has 6 nitrogen and oxygen atoms in total. The van der Waals surface area contributed by atoms with E-state index < -0.39 is 5.97 Å². The minimum absolute atomic E-state index is 0.0320. The van der Waals surface area contributed by atoms with Crippen LogP contribution in [0, 0.1) is 0 Å². The highest BCUT2D eigenvalue weighted by Crippen LogP contribution is 2.24. The third-order valence-electron chi connectivity index (χ3n) is 2.22. The van der Waals surface area contributed by atoms with E-state index in [0.29, 0.717) is 18.8 Å². The summed E-state index contributed by atoms with van der Waals surface area (Å²) in [5, 5.41) is 16.6. The van der Waals surface area contributed by atoms with Gasteiger partial charge in [-0.1, -0.05) is 26.0 Å². The van der Waals surface area contributed by atoms with Crippen molar-refractivity contribution in [1.82, 2.24) is 15.0 Å². The summed E-state index contributed by atoms with van der Waals surface area (Å²) in [6, 6.07) is 0. The van der Waals surface area contributed by atoms with E-state index in [9.17, 15) is 4.79 Å². The number of carbonyl (C=O) groups is 1. The van der Waals surface area contributed by atoms with E-state index in [1.54, 1.807) is 4.68 Å². The van der Waals surface area contributed by atoms with Crippen molar-refractivity contribution in [2.45, 2.75) is 39.2 Å². The van der Waals surface area contributed by atoms with E-state index in [2.05, 4.69) is 10.3 Å². The van der Waals surface area contributed by atoms with Gasteiger partial charge in [0.05, 0.1) is 5.69 Å². The van der Waals surface area contributed by atoms with Gasteiger partial charge in [0.2, 0.25) is 0 Å². The summed E-state index contributed by atoms with van der Waals surface area (Å²) in [5.41, 5.74) is 5.80. The molecule has 1 aromatic rings. The average molecular weight is 226 g/mol. The van der Waals surface area contributed by atoms with Crippen molar-refractivity contribution < 1.29 is 9.90 Å². The Morgan fingerprint density at radius 2 is 2.12 bits per heavy atom. The van der Waals surface area contributed by atoms with Crippen molar-refractivity contribution in [3.05, 3.63) is 11.4 Å². The van der Waals surface area contributed by atoms with Crippen LogP contribution in [0.5, 0.6) is 0 Å². The number of nitrogens with zero attached hydrogens (tertiary/aromatic N) is 3. The lowest BCUT2D eigenvalue weighted by atomic mass is 9.90. The van der Waals surface area contributed by atoms with Crippen molar-refractivity contribution in [1.29, 1.82) is 0 Å². The van der Waals surface area contributed by atoms with Crippen LogP contribution in [0.4, 0.5) is 0 Å². The van der Waals surface area contributed by atoms with Crippen LogP contribution in [-0.4, -0.2) is 32.6 Å². The van der Waals surface area contributed by atoms with Crippen LogP contribution in [0.15, 0.2) is 0 Å². The highest BCUT2D eigenvalue weighted by atomic mass is 16.4. The van der Waals surface area contributed by atoms with E-state index in [-0.39, 0.29) is 11.1 Å². The molecule has 0 unspecified atom stereocenters. The molecule has 0 aliphatic carbocycles. The lowest BCUT2D eigenvalue weighted by molar-refractivity contribution is 0.0687. The summed E-state index contributed by atoms with van der Waals surface area (Å²) in [4.78, 5) is 11.0. The second-order valence-corrected chi connectivity index (χ2v) is 4.71. The van der Waals surface area contributed by atoms with E-state index in [1.807, 2.05) is 20.8 Å². The fourth-order valence-corrected chi connectivity index (χ4v) is 1.60. The number of rotatable bonds is 4. The Morgan fingerprint density at radius 3 is 2.56 bits per heavy atom. The van der Waals surface area contributed by atoms with Gasteiger partial charge in [0, 0.05) is 12.0 Å². The quantitative estimate of drug-likeness (QED) is 0.785. The summed E-state index contributed by atoms with van der Waals surface area (Å²) in [7, 11) is 0. The molecule has 0 saturated heterocycles. The van der Waals surface area contributed by atoms with Gasteiger partial charge in [0.25, 0.3) is 0 Å². The van der Waals surface area contributed by atoms with Crippen LogP contribution < -0.4 is 5.73 Å². The molecule has 0 atom stereocenters. The molecule has 1 heterocycles. The molecule has 0 aromatic carbocycles. The van der Waals surface area contributed by atoms with Crippen molar-refractivity contribution in [2.24, 2.45) is 5.73 Å². The number of nitrogens with two attached hydrogens (primary N) is 1. The lowest BCUT2D eigenvalue weighted by Gasteiger charge is -2.20. The lowest BCUT2D eigenvalue weighted by Crippen LogP contribution is -2.22. The fraction of sp³-hybridized carbons (Fsp3) is 0.700. The third-order valence-corrected chi connectivity index (χ3v) is 2.22. The zero-order chi connectivity index (χ0) is 12.3. The van der Waals surface area contributed by atoms with E-state index in [4.69, 9.17) is 10.8 Å². The van der Waals surface area contributed by atoms with Gasteiger partial charge in [-0.15, -0.1) is 5.10 Å². The molecule has 0 radical (unpaired) electrons. The van der Waals surface area contributed by atoms with Crippen LogP contribution in [0.1, 0.15) is 43.4 Å². The minimum Gasteiger partial charge on any atom is -0.476 e. The zero-order valence-electron chi connectivity index (χ0n) is 9.90. The maximum atomic E-state index is 11.0. The summed E-state index contributed by atoms with van der Waals surface area (Å²) in [6.07, 6.45) is 0.755. The Bertz CT molecular complexity index is 379. The van der Waals surface area contributed by atoms with Crippen molar-refractivity contribution >= 4 is 5.97 Å². The monoisotopic (exact) mass is 226 g/mol. The fourth-order valence-electron chi connectivity index (χ4n) is 1.60. The number of aromatic carboxylic acids is 1. The Kier molecular flexibility index (Phi) is 3.64. The predicted octanol–water partition coefficient (Wildman–Crippen LogP) is 0.623. The molecule has 0 bridgehead atoms. The number of hydrogen-bond acceptors (Lipinski definition) is 4. The summed E-state index contributed by atoms with van der Waals surface area (Å²) >= 11 is 0. The maximum absolute atomic E-state index is 11.0. The van der Waals surface area contributed by atoms with E-state index in [1.165, 1.54) is 0 Å². The highest BCUT2D eigenvalue weighted by Gasteiger charge is 2.28. The van der Waals surface area contributed by atoms with Crippen molar-refractivity contribution in [3.8, 4) is 0 Å². The van der Waals surface area contributed by atoms with Gasteiger partial charge >= 0.3 is 5.97 Å².